The summed E-state index contributed by atoms with van der Waals surface area (Å²) in [4.78, 5) is 29.8. The molecule has 2 fully saturated rings. The van der Waals surface area contributed by atoms with E-state index in [-0.39, 0.29) is 29.0 Å². The van der Waals surface area contributed by atoms with Gasteiger partial charge < -0.3 is 20.6 Å². The third kappa shape index (κ3) is 5.36. The lowest BCUT2D eigenvalue weighted by Crippen LogP contribution is -2.57. The van der Waals surface area contributed by atoms with Crippen LogP contribution in [0.4, 0.5) is 5.69 Å². The zero-order valence-corrected chi connectivity index (χ0v) is 18.7. The number of aliphatic hydroxyl groups excluding tert-OH is 1. The average molecular weight is 474 g/mol. The van der Waals surface area contributed by atoms with Gasteiger partial charge in [-0.05, 0) is 18.6 Å². The second-order valence-electron chi connectivity index (χ2n) is 7.54. The number of piperazine rings is 1. The molecule has 10 nitrogen and oxygen atoms in total. The second kappa shape index (κ2) is 10.2. The zero-order chi connectivity index (χ0) is 22.6. The van der Waals surface area contributed by atoms with Crippen LogP contribution in [0.2, 0.25) is 5.02 Å². The van der Waals surface area contributed by atoms with Gasteiger partial charge in [-0.3, -0.25) is 14.5 Å². The fourth-order valence-electron chi connectivity index (χ4n) is 3.82. The number of hydrogen-bond acceptors (Lipinski definition) is 7. The molecule has 0 aliphatic carbocycles. The Kier molecular flexibility index (Phi) is 7.89. The highest BCUT2D eigenvalue weighted by Crippen LogP contribution is 2.34. The molecule has 0 unspecified atom stereocenters. The standard InChI is InChI=1S/C19H28ClN5O5S/c20-18-15(25-6-2-5-17(25)27)3-1-4-16(18)31(29,30)22-14(13-21)19(28)24-9-7-23(8-10-24)11-12-26/h1,3-4,14,22,26H,2,5-13,21H2/t14-/m0/s1. The number of rotatable bonds is 8. The van der Waals surface area contributed by atoms with Crippen LogP contribution >= 0.6 is 11.6 Å². The van der Waals surface area contributed by atoms with Crippen molar-refractivity contribution in [3.63, 3.8) is 0 Å². The molecule has 0 spiro atoms. The number of nitrogens with two attached hydrogens (primary N) is 1. The highest BCUT2D eigenvalue weighted by Gasteiger charge is 2.32. The number of anilines is 1. The van der Waals surface area contributed by atoms with Crippen LogP contribution in [0.3, 0.4) is 0 Å². The third-order valence-corrected chi connectivity index (χ3v) is 7.55. The van der Waals surface area contributed by atoms with Gasteiger partial charge in [0, 0.05) is 52.2 Å². The number of amides is 2. The predicted octanol–water partition coefficient (Wildman–Crippen LogP) is -0.791. The van der Waals surface area contributed by atoms with Crippen molar-refractivity contribution in [3.05, 3.63) is 23.2 Å². The molecule has 0 saturated carbocycles. The largest absolute Gasteiger partial charge is 0.395 e. The van der Waals surface area contributed by atoms with E-state index in [1.165, 1.54) is 17.0 Å². The van der Waals surface area contributed by atoms with Crippen molar-refractivity contribution in [2.24, 2.45) is 5.73 Å². The lowest BCUT2D eigenvalue weighted by Gasteiger charge is -2.36. The normalized spacial score (nSPS) is 19.1. The number of sulfonamides is 1. The summed E-state index contributed by atoms with van der Waals surface area (Å²) in [6, 6.07) is 3.31. The van der Waals surface area contributed by atoms with Crippen LogP contribution in [0.5, 0.6) is 0 Å². The molecule has 2 amide bonds. The van der Waals surface area contributed by atoms with E-state index in [4.69, 9.17) is 22.4 Å². The van der Waals surface area contributed by atoms with E-state index in [1.807, 2.05) is 4.90 Å². The Labute approximate surface area is 187 Å². The Balaban J connectivity index is 1.74. The summed E-state index contributed by atoms with van der Waals surface area (Å²) in [5.74, 6) is -0.517. The minimum Gasteiger partial charge on any atom is -0.395 e. The molecule has 0 radical (unpaired) electrons. The first kappa shape index (κ1) is 23.9. The summed E-state index contributed by atoms with van der Waals surface area (Å²) in [6.07, 6.45) is 1.07. The summed E-state index contributed by atoms with van der Waals surface area (Å²) >= 11 is 6.37. The molecule has 1 atom stereocenters. The Morgan fingerprint density at radius 1 is 1.23 bits per heavy atom. The number of nitrogens with zero attached hydrogens (tertiary/aromatic N) is 3. The average Bonchev–Trinajstić information content (AvgIpc) is 3.18. The molecule has 31 heavy (non-hydrogen) atoms. The van der Waals surface area contributed by atoms with Crippen molar-refractivity contribution < 1.29 is 23.1 Å². The van der Waals surface area contributed by atoms with Crippen molar-refractivity contribution in [1.82, 2.24) is 14.5 Å². The topological polar surface area (TPSA) is 136 Å². The number of β-amino-alcohol motifs (C(OH)–C–C–N with tert-alkyl or cyclic N) is 1. The molecule has 1 aromatic rings. The molecule has 3 rings (SSSR count). The van der Waals surface area contributed by atoms with Gasteiger partial charge >= 0.3 is 0 Å². The minimum atomic E-state index is -4.17. The number of aliphatic hydroxyl groups is 1. The van der Waals surface area contributed by atoms with E-state index in [0.717, 1.165) is 0 Å². The fourth-order valence-corrected chi connectivity index (χ4v) is 5.65. The second-order valence-corrected chi connectivity index (χ2v) is 9.60. The van der Waals surface area contributed by atoms with Crippen LogP contribution < -0.4 is 15.4 Å². The van der Waals surface area contributed by atoms with Gasteiger partial charge in [-0.2, -0.15) is 4.72 Å². The monoisotopic (exact) mass is 473 g/mol. The summed E-state index contributed by atoms with van der Waals surface area (Å²) in [5.41, 5.74) is 6.06. The fraction of sp³-hybridized carbons (Fsp3) is 0.579. The smallest absolute Gasteiger partial charge is 0.242 e. The molecule has 12 heteroatoms. The first-order chi connectivity index (χ1) is 14.8. The van der Waals surface area contributed by atoms with Gasteiger partial charge in [0.1, 0.15) is 10.9 Å². The predicted molar refractivity (Wildman–Crippen MR) is 116 cm³/mol. The first-order valence-corrected chi connectivity index (χ1v) is 12.1. The van der Waals surface area contributed by atoms with Gasteiger partial charge in [-0.25, -0.2) is 8.42 Å². The van der Waals surface area contributed by atoms with E-state index in [0.29, 0.717) is 57.8 Å². The summed E-state index contributed by atoms with van der Waals surface area (Å²) in [5, 5.41) is 8.97. The Hall–Kier alpha value is -1.76. The van der Waals surface area contributed by atoms with Gasteiger partial charge in [-0.1, -0.05) is 17.7 Å². The number of carbonyl (C=O) groups is 2. The number of nitrogens with one attached hydrogen (secondary N) is 1. The molecule has 2 aliphatic rings. The molecule has 0 aromatic heterocycles. The minimum absolute atomic E-state index is 0.0437. The Morgan fingerprint density at radius 3 is 2.52 bits per heavy atom. The lowest BCUT2D eigenvalue weighted by atomic mass is 10.2. The van der Waals surface area contributed by atoms with E-state index in [2.05, 4.69) is 4.72 Å². The quantitative estimate of drug-likeness (QED) is 0.450. The molecule has 1 aromatic carbocycles. The van der Waals surface area contributed by atoms with Crippen molar-refractivity contribution in [3.8, 4) is 0 Å². The third-order valence-electron chi connectivity index (χ3n) is 5.53. The molecule has 2 aliphatic heterocycles. The van der Waals surface area contributed by atoms with Gasteiger partial charge in [-0.15, -0.1) is 0 Å². The molecule has 2 heterocycles. The van der Waals surface area contributed by atoms with Gasteiger partial charge in [0.25, 0.3) is 0 Å². The highest BCUT2D eigenvalue weighted by atomic mass is 35.5. The summed E-state index contributed by atoms with van der Waals surface area (Å²) in [7, 11) is -4.17. The lowest BCUT2D eigenvalue weighted by molar-refractivity contribution is -0.134. The SMILES string of the molecule is NC[C@H](NS(=O)(=O)c1cccc(N2CCCC2=O)c1Cl)C(=O)N1CCN(CCO)CC1. The first-order valence-electron chi connectivity index (χ1n) is 10.2. The van der Waals surface area contributed by atoms with Gasteiger partial charge in [0.2, 0.25) is 21.8 Å². The molecule has 2 saturated heterocycles. The van der Waals surface area contributed by atoms with E-state index in [1.54, 1.807) is 11.0 Å². The van der Waals surface area contributed by atoms with Crippen molar-refractivity contribution >= 4 is 39.1 Å². The van der Waals surface area contributed by atoms with Crippen LogP contribution in [-0.2, 0) is 19.6 Å². The van der Waals surface area contributed by atoms with Crippen molar-refractivity contribution in [2.75, 3.05) is 57.3 Å². The maximum Gasteiger partial charge on any atom is 0.242 e. The van der Waals surface area contributed by atoms with Crippen molar-refractivity contribution in [1.29, 1.82) is 0 Å². The molecular formula is C19H28ClN5O5S. The summed E-state index contributed by atoms with van der Waals surface area (Å²) in [6.45, 7) is 2.86. The van der Waals surface area contributed by atoms with E-state index >= 15 is 0 Å². The molecule has 172 valence electrons. The van der Waals surface area contributed by atoms with Gasteiger partial charge in [0.15, 0.2) is 0 Å². The maximum absolute atomic E-state index is 13.0. The molecule has 4 N–H and O–H groups in total. The Morgan fingerprint density at radius 2 is 1.94 bits per heavy atom. The van der Waals surface area contributed by atoms with Crippen LogP contribution in [0, 0.1) is 0 Å². The van der Waals surface area contributed by atoms with Crippen LogP contribution in [0.25, 0.3) is 0 Å². The number of carbonyl (C=O) groups excluding carboxylic acids is 2. The zero-order valence-electron chi connectivity index (χ0n) is 17.2. The van der Waals surface area contributed by atoms with E-state index < -0.39 is 22.0 Å². The molecular weight excluding hydrogens is 446 g/mol. The van der Waals surface area contributed by atoms with Crippen LogP contribution in [0.15, 0.2) is 23.1 Å². The van der Waals surface area contributed by atoms with Crippen LogP contribution in [0.1, 0.15) is 12.8 Å². The highest BCUT2D eigenvalue weighted by molar-refractivity contribution is 7.89. The van der Waals surface area contributed by atoms with E-state index in [9.17, 15) is 18.0 Å². The molecule has 0 bridgehead atoms. The number of hydrogen-bond donors (Lipinski definition) is 3. The maximum atomic E-state index is 13.0. The van der Waals surface area contributed by atoms with Gasteiger partial charge in [0.05, 0.1) is 17.3 Å². The summed E-state index contributed by atoms with van der Waals surface area (Å²) < 4.78 is 28.4. The number of halogens is 1. The Bertz CT molecular complexity index is 920. The van der Waals surface area contributed by atoms with Crippen LogP contribution in [-0.4, -0.2) is 93.6 Å². The number of benzene rings is 1. The van der Waals surface area contributed by atoms with Crippen molar-refractivity contribution in [2.45, 2.75) is 23.8 Å².